The standard InChI is InChI=1S/C14H27BrN2/c1-13-10-17(9-8-16(13)2)12-14(11-15)6-4-3-5-7-14/h13H,3-12H2,1-2H3. The van der Waals surface area contributed by atoms with Crippen LogP contribution in [0, 0.1) is 5.41 Å². The van der Waals surface area contributed by atoms with Crippen LogP contribution in [0.5, 0.6) is 0 Å². The summed E-state index contributed by atoms with van der Waals surface area (Å²) in [5.74, 6) is 0. The highest BCUT2D eigenvalue weighted by molar-refractivity contribution is 9.09. The van der Waals surface area contributed by atoms with E-state index in [0.717, 1.165) is 6.04 Å². The summed E-state index contributed by atoms with van der Waals surface area (Å²) in [5, 5.41) is 1.20. The van der Waals surface area contributed by atoms with Crippen LogP contribution in [-0.4, -0.2) is 54.4 Å². The zero-order valence-electron chi connectivity index (χ0n) is 11.4. The van der Waals surface area contributed by atoms with Crippen LogP contribution in [0.15, 0.2) is 0 Å². The third kappa shape index (κ3) is 3.45. The van der Waals surface area contributed by atoms with Crippen LogP contribution < -0.4 is 0 Å². The fourth-order valence-electron chi connectivity index (χ4n) is 3.38. The molecule has 1 atom stereocenters. The number of piperazine rings is 1. The molecular formula is C14H27BrN2. The van der Waals surface area contributed by atoms with Gasteiger partial charge in [-0.2, -0.15) is 0 Å². The Balaban J connectivity index is 1.90. The number of alkyl halides is 1. The second-order valence-electron chi connectivity index (χ2n) is 6.26. The molecule has 1 heterocycles. The Kier molecular flexibility index (Phi) is 4.90. The van der Waals surface area contributed by atoms with E-state index in [2.05, 4.69) is 39.7 Å². The molecule has 1 aliphatic heterocycles. The first-order chi connectivity index (χ1) is 8.15. The topological polar surface area (TPSA) is 6.48 Å². The van der Waals surface area contributed by atoms with Crippen LogP contribution >= 0.6 is 15.9 Å². The molecule has 1 unspecified atom stereocenters. The Hall–Kier alpha value is 0.400. The normalized spacial score (nSPS) is 31.6. The van der Waals surface area contributed by atoms with Crippen molar-refractivity contribution in [2.45, 2.75) is 45.1 Å². The van der Waals surface area contributed by atoms with Gasteiger partial charge in [-0.05, 0) is 32.2 Å². The molecule has 1 saturated carbocycles. The Bertz CT molecular complexity index is 238. The molecule has 1 aliphatic carbocycles. The minimum atomic E-state index is 0.577. The van der Waals surface area contributed by atoms with Crippen molar-refractivity contribution in [2.24, 2.45) is 5.41 Å². The maximum absolute atomic E-state index is 3.78. The largest absolute Gasteiger partial charge is 0.301 e. The second-order valence-corrected chi connectivity index (χ2v) is 6.82. The van der Waals surface area contributed by atoms with Gasteiger partial charge in [-0.25, -0.2) is 0 Å². The third-order valence-electron chi connectivity index (χ3n) is 4.80. The van der Waals surface area contributed by atoms with Crippen molar-refractivity contribution in [3.63, 3.8) is 0 Å². The maximum atomic E-state index is 3.78. The fourth-order valence-corrected chi connectivity index (χ4v) is 4.12. The molecule has 1 saturated heterocycles. The first-order valence-electron chi connectivity index (χ1n) is 7.14. The fraction of sp³-hybridized carbons (Fsp3) is 1.00. The number of nitrogens with zero attached hydrogens (tertiary/aromatic N) is 2. The Morgan fingerprint density at radius 2 is 1.88 bits per heavy atom. The Morgan fingerprint density at radius 3 is 2.47 bits per heavy atom. The van der Waals surface area contributed by atoms with Gasteiger partial charge in [-0.15, -0.1) is 0 Å². The Labute approximate surface area is 115 Å². The highest BCUT2D eigenvalue weighted by Gasteiger charge is 2.34. The summed E-state index contributed by atoms with van der Waals surface area (Å²) >= 11 is 3.78. The van der Waals surface area contributed by atoms with E-state index in [1.807, 2.05) is 0 Å². The quantitative estimate of drug-likeness (QED) is 0.740. The van der Waals surface area contributed by atoms with Crippen molar-refractivity contribution in [3.05, 3.63) is 0 Å². The molecule has 17 heavy (non-hydrogen) atoms. The predicted octanol–water partition coefficient (Wildman–Crippen LogP) is 2.97. The van der Waals surface area contributed by atoms with Crippen LogP contribution in [-0.2, 0) is 0 Å². The van der Waals surface area contributed by atoms with Gasteiger partial charge in [-0.3, -0.25) is 4.90 Å². The van der Waals surface area contributed by atoms with Crippen molar-refractivity contribution in [2.75, 3.05) is 38.6 Å². The average molecular weight is 303 g/mol. The van der Waals surface area contributed by atoms with Crippen molar-refractivity contribution in [3.8, 4) is 0 Å². The average Bonchev–Trinajstić information content (AvgIpc) is 2.35. The summed E-state index contributed by atoms with van der Waals surface area (Å²) in [7, 11) is 2.25. The lowest BCUT2D eigenvalue weighted by atomic mass is 9.75. The number of hydrogen-bond donors (Lipinski definition) is 0. The van der Waals surface area contributed by atoms with Gasteiger partial charge in [0.1, 0.15) is 0 Å². The van der Waals surface area contributed by atoms with Crippen LogP contribution in [0.2, 0.25) is 0 Å². The van der Waals surface area contributed by atoms with Crippen molar-refractivity contribution in [1.29, 1.82) is 0 Å². The van der Waals surface area contributed by atoms with E-state index >= 15 is 0 Å². The molecular weight excluding hydrogens is 276 g/mol. The molecule has 0 bridgehead atoms. The Morgan fingerprint density at radius 1 is 1.18 bits per heavy atom. The lowest BCUT2D eigenvalue weighted by molar-refractivity contribution is 0.0577. The molecule has 0 radical (unpaired) electrons. The van der Waals surface area contributed by atoms with E-state index in [9.17, 15) is 0 Å². The van der Waals surface area contributed by atoms with E-state index in [1.165, 1.54) is 63.6 Å². The monoisotopic (exact) mass is 302 g/mol. The zero-order chi connectivity index (χ0) is 12.3. The van der Waals surface area contributed by atoms with Crippen molar-refractivity contribution >= 4 is 15.9 Å². The predicted molar refractivity (Wildman–Crippen MR) is 77.8 cm³/mol. The van der Waals surface area contributed by atoms with Gasteiger partial charge < -0.3 is 4.90 Å². The summed E-state index contributed by atoms with van der Waals surface area (Å²) in [6.07, 6.45) is 7.19. The molecule has 2 nitrogen and oxygen atoms in total. The van der Waals surface area contributed by atoms with Gasteiger partial charge in [0, 0.05) is 37.6 Å². The van der Waals surface area contributed by atoms with Crippen LogP contribution in [0.4, 0.5) is 0 Å². The van der Waals surface area contributed by atoms with Gasteiger partial charge >= 0.3 is 0 Å². The van der Waals surface area contributed by atoms with Gasteiger partial charge in [-0.1, -0.05) is 35.2 Å². The molecule has 0 spiro atoms. The minimum Gasteiger partial charge on any atom is -0.301 e. The van der Waals surface area contributed by atoms with Crippen LogP contribution in [0.3, 0.4) is 0 Å². The molecule has 2 rings (SSSR count). The maximum Gasteiger partial charge on any atom is 0.0192 e. The van der Waals surface area contributed by atoms with Crippen LogP contribution in [0.1, 0.15) is 39.0 Å². The summed E-state index contributed by atoms with van der Waals surface area (Å²) < 4.78 is 0. The van der Waals surface area contributed by atoms with Gasteiger partial charge in [0.15, 0.2) is 0 Å². The van der Waals surface area contributed by atoms with E-state index in [1.54, 1.807) is 0 Å². The van der Waals surface area contributed by atoms with E-state index < -0.39 is 0 Å². The molecule has 0 amide bonds. The lowest BCUT2D eigenvalue weighted by Gasteiger charge is -2.44. The molecule has 2 aliphatic rings. The molecule has 100 valence electrons. The van der Waals surface area contributed by atoms with E-state index in [0.29, 0.717) is 5.41 Å². The molecule has 0 N–H and O–H groups in total. The number of halogens is 1. The lowest BCUT2D eigenvalue weighted by Crippen LogP contribution is -2.53. The molecule has 3 heteroatoms. The SMILES string of the molecule is CC1CN(CC2(CBr)CCCCC2)CCN1C. The summed E-state index contributed by atoms with van der Waals surface area (Å²) in [6.45, 7) is 7.42. The molecule has 2 fully saturated rings. The second kappa shape index (κ2) is 6.03. The third-order valence-corrected chi connectivity index (χ3v) is 5.99. The summed E-state index contributed by atoms with van der Waals surface area (Å²) in [5.41, 5.74) is 0.577. The highest BCUT2D eigenvalue weighted by Crippen LogP contribution is 2.38. The van der Waals surface area contributed by atoms with Crippen LogP contribution in [0.25, 0.3) is 0 Å². The first kappa shape index (κ1) is 13.8. The molecule has 0 aromatic heterocycles. The minimum absolute atomic E-state index is 0.577. The van der Waals surface area contributed by atoms with Gasteiger partial charge in [0.2, 0.25) is 0 Å². The number of hydrogen-bond acceptors (Lipinski definition) is 2. The molecule has 0 aromatic rings. The highest BCUT2D eigenvalue weighted by atomic mass is 79.9. The first-order valence-corrected chi connectivity index (χ1v) is 8.26. The number of rotatable bonds is 3. The van der Waals surface area contributed by atoms with E-state index in [-0.39, 0.29) is 0 Å². The van der Waals surface area contributed by atoms with Crippen molar-refractivity contribution < 1.29 is 0 Å². The molecule has 0 aromatic carbocycles. The van der Waals surface area contributed by atoms with E-state index in [4.69, 9.17) is 0 Å². The summed E-state index contributed by atoms with van der Waals surface area (Å²) in [4.78, 5) is 5.19. The smallest absolute Gasteiger partial charge is 0.0192 e. The van der Waals surface area contributed by atoms with Gasteiger partial charge in [0.25, 0.3) is 0 Å². The van der Waals surface area contributed by atoms with Gasteiger partial charge in [0.05, 0.1) is 0 Å². The number of likely N-dealkylation sites (N-methyl/N-ethyl adjacent to an activating group) is 1. The van der Waals surface area contributed by atoms with Crippen molar-refractivity contribution in [1.82, 2.24) is 9.80 Å². The zero-order valence-corrected chi connectivity index (χ0v) is 13.0. The summed E-state index contributed by atoms with van der Waals surface area (Å²) in [6, 6.07) is 0.722.